The molecule has 2 heterocycles. The zero-order valence-electron chi connectivity index (χ0n) is 16.0. The molecule has 6 nitrogen and oxygen atoms in total. The summed E-state index contributed by atoms with van der Waals surface area (Å²) < 4.78 is 7.17. The predicted molar refractivity (Wildman–Crippen MR) is 118 cm³/mol. The van der Waals surface area contributed by atoms with Gasteiger partial charge in [-0.1, -0.05) is 23.4 Å². The average molecular weight is 437 g/mol. The van der Waals surface area contributed by atoms with Crippen molar-refractivity contribution in [2.45, 2.75) is 5.16 Å². The molecule has 2 aromatic carbocycles. The maximum atomic E-state index is 12.6. The van der Waals surface area contributed by atoms with Crippen molar-refractivity contribution >= 4 is 29.1 Å². The van der Waals surface area contributed by atoms with Crippen molar-refractivity contribution in [1.82, 2.24) is 19.7 Å². The van der Waals surface area contributed by atoms with Gasteiger partial charge in [-0.25, -0.2) is 0 Å². The van der Waals surface area contributed by atoms with Crippen molar-refractivity contribution in [3.8, 4) is 22.8 Å². The van der Waals surface area contributed by atoms with E-state index in [1.807, 2.05) is 41.0 Å². The maximum Gasteiger partial charge on any atom is 0.196 e. The van der Waals surface area contributed by atoms with Crippen LogP contribution >= 0.6 is 23.4 Å². The van der Waals surface area contributed by atoms with Gasteiger partial charge in [-0.2, -0.15) is 0 Å². The quantitative estimate of drug-likeness (QED) is 0.301. The number of thioether (sulfide) groups is 1. The second kappa shape index (κ2) is 9.11. The van der Waals surface area contributed by atoms with E-state index in [0.717, 1.165) is 17.0 Å². The van der Waals surface area contributed by atoms with E-state index in [2.05, 4.69) is 15.2 Å². The van der Waals surface area contributed by atoms with Crippen LogP contribution in [0.4, 0.5) is 0 Å². The van der Waals surface area contributed by atoms with Crippen LogP contribution in [0.3, 0.4) is 0 Å². The lowest BCUT2D eigenvalue weighted by atomic mass is 10.1. The number of aromatic nitrogens is 4. The van der Waals surface area contributed by atoms with Gasteiger partial charge in [-0.3, -0.25) is 14.3 Å². The standard InChI is InChI=1S/C22H17ClN4O2S/c1-29-19-10-8-18(9-11-19)27-21(16-3-2-12-24-13-16)25-26-22(27)30-14-20(28)15-4-6-17(23)7-5-15/h2-13H,14H2,1H3. The molecule has 0 aliphatic rings. The fraction of sp³-hybridized carbons (Fsp3) is 0.0909. The Kier molecular flexibility index (Phi) is 6.11. The van der Waals surface area contributed by atoms with Gasteiger partial charge in [0.15, 0.2) is 16.8 Å². The lowest BCUT2D eigenvalue weighted by molar-refractivity contribution is 0.102. The van der Waals surface area contributed by atoms with Crippen LogP contribution in [0.5, 0.6) is 5.75 Å². The molecule has 2 aromatic heterocycles. The second-order valence-electron chi connectivity index (χ2n) is 6.30. The molecular weight excluding hydrogens is 420 g/mol. The summed E-state index contributed by atoms with van der Waals surface area (Å²) in [5.41, 5.74) is 2.30. The van der Waals surface area contributed by atoms with E-state index < -0.39 is 0 Å². The fourth-order valence-corrected chi connectivity index (χ4v) is 3.83. The van der Waals surface area contributed by atoms with Gasteiger partial charge in [0.05, 0.1) is 12.9 Å². The van der Waals surface area contributed by atoms with E-state index in [4.69, 9.17) is 16.3 Å². The average Bonchev–Trinajstić information content (AvgIpc) is 3.22. The summed E-state index contributed by atoms with van der Waals surface area (Å²) in [6.07, 6.45) is 3.44. The van der Waals surface area contributed by atoms with Gasteiger partial charge < -0.3 is 4.74 Å². The number of ether oxygens (including phenoxy) is 1. The van der Waals surface area contributed by atoms with Gasteiger partial charge in [0.25, 0.3) is 0 Å². The molecule has 0 unspecified atom stereocenters. The van der Waals surface area contributed by atoms with Crippen LogP contribution in [0.15, 0.2) is 78.2 Å². The summed E-state index contributed by atoms with van der Waals surface area (Å²) in [7, 11) is 1.62. The molecule has 0 amide bonds. The molecule has 0 N–H and O–H groups in total. The van der Waals surface area contributed by atoms with E-state index in [0.29, 0.717) is 21.6 Å². The minimum Gasteiger partial charge on any atom is -0.497 e. The molecule has 0 radical (unpaired) electrons. The van der Waals surface area contributed by atoms with Gasteiger partial charge in [0.1, 0.15) is 5.75 Å². The molecule has 4 rings (SSSR count). The molecule has 30 heavy (non-hydrogen) atoms. The van der Waals surface area contributed by atoms with Crippen molar-refractivity contribution in [1.29, 1.82) is 0 Å². The van der Waals surface area contributed by atoms with E-state index in [1.165, 1.54) is 11.8 Å². The third-order valence-electron chi connectivity index (χ3n) is 4.38. The molecule has 0 aliphatic carbocycles. The zero-order valence-corrected chi connectivity index (χ0v) is 17.6. The third kappa shape index (κ3) is 4.37. The number of Topliss-reactive ketones (excluding diaryl/α,β-unsaturated/α-hetero) is 1. The van der Waals surface area contributed by atoms with Crippen LogP contribution in [-0.4, -0.2) is 38.4 Å². The maximum absolute atomic E-state index is 12.6. The Balaban J connectivity index is 1.66. The number of rotatable bonds is 7. The molecule has 0 atom stereocenters. The molecule has 0 spiro atoms. The lowest BCUT2D eigenvalue weighted by Crippen LogP contribution is -2.05. The molecule has 4 aromatic rings. The van der Waals surface area contributed by atoms with Crippen LogP contribution in [0, 0.1) is 0 Å². The van der Waals surface area contributed by atoms with E-state index in [-0.39, 0.29) is 11.5 Å². The largest absolute Gasteiger partial charge is 0.497 e. The second-order valence-corrected chi connectivity index (χ2v) is 7.68. The molecule has 0 saturated heterocycles. The molecule has 150 valence electrons. The Bertz CT molecular complexity index is 1150. The Morgan fingerprint density at radius 1 is 1.07 bits per heavy atom. The van der Waals surface area contributed by atoms with Gasteiger partial charge in [0.2, 0.25) is 0 Å². The summed E-state index contributed by atoms with van der Waals surface area (Å²) >= 11 is 7.24. The molecule has 0 saturated carbocycles. The Hall–Kier alpha value is -3.16. The van der Waals surface area contributed by atoms with Gasteiger partial charge in [0, 0.05) is 34.2 Å². The molecule has 0 bridgehead atoms. The first-order valence-corrected chi connectivity index (χ1v) is 10.4. The number of ketones is 1. The molecule has 0 fully saturated rings. The first kappa shape index (κ1) is 20.1. The zero-order chi connectivity index (χ0) is 20.9. The van der Waals surface area contributed by atoms with E-state index in [1.54, 1.807) is 43.8 Å². The highest BCUT2D eigenvalue weighted by Crippen LogP contribution is 2.29. The lowest BCUT2D eigenvalue weighted by Gasteiger charge is -2.11. The normalized spacial score (nSPS) is 10.7. The molecular formula is C22H17ClN4O2S. The van der Waals surface area contributed by atoms with Crippen LogP contribution in [0.25, 0.3) is 17.1 Å². The number of methoxy groups -OCH3 is 1. The summed E-state index contributed by atoms with van der Waals surface area (Å²) in [5.74, 6) is 1.61. The predicted octanol–water partition coefficient (Wildman–Crippen LogP) is 4.97. The smallest absolute Gasteiger partial charge is 0.196 e. The number of pyridine rings is 1. The van der Waals surface area contributed by atoms with Crippen molar-refractivity contribution < 1.29 is 9.53 Å². The number of carbonyl (C=O) groups is 1. The first-order chi connectivity index (χ1) is 14.7. The van der Waals surface area contributed by atoms with E-state index in [9.17, 15) is 4.79 Å². The molecule has 8 heteroatoms. The van der Waals surface area contributed by atoms with Crippen molar-refractivity contribution in [3.63, 3.8) is 0 Å². The van der Waals surface area contributed by atoms with Crippen LogP contribution in [0.1, 0.15) is 10.4 Å². The van der Waals surface area contributed by atoms with Crippen molar-refractivity contribution in [2.24, 2.45) is 0 Å². The minimum atomic E-state index is -0.0103. The SMILES string of the molecule is COc1ccc(-n2c(SCC(=O)c3ccc(Cl)cc3)nnc2-c2cccnc2)cc1. The third-order valence-corrected chi connectivity index (χ3v) is 5.56. The molecule has 0 aliphatic heterocycles. The van der Waals surface area contributed by atoms with Crippen LogP contribution in [-0.2, 0) is 0 Å². The highest BCUT2D eigenvalue weighted by Gasteiger charge is 2.18. The summed E-state index contributed by atoms with van der Waals surface area (Å²) in [5, 5.41) is 9.90. The minimum absolute atomic E-state index is 0.0103. The number of carbonyl (C=O) groups excluding carboxylic acids is 1. The number of nitrogens with zero attached hydrogens (tertiary/aromatic N) is 4. The number of benzene rings is 2. The summed E-state index contributed by atoms with van der Waals surface area (Å²) in [6, 6.07) is 18.2. The number of hydrogen-bond acceptors (Lipinski definition) is 6. The summed E-state index contributed by atoms with van der Waals surface area (Å²) in [4.78, 5) is 16.8. The highest BCUT2D eigenvalue weighted by atomic mass is 35.5. The number of halogens is 1. The topological polar surface area (TPSA) is 69.9 Å². The van der Waals surface area contributed by atoms with Gasteiger partial charge >= 0.3 is 0 Å². The highest BCUT2D eigenvalue weighted by molar-refractivity contribution is 7.99. The first-order valence-electron chi connectivity index (χ1n) is 9.07. The van der Waals surface area contributed by atoms with Gasteiger partial charge in [-0.05, 0) is 60.7 Å². The van der Waals surface area contributed by atoms with Crippen LogP contribution < -0.4 is 4.74 Å². The Labute approximate surface area is 182 Å². The van der Waals surface area contributed by atoms with Crippen LogP contribution in [0.2, 0.25) is 5.02 Å². The summed E-state index contributed by atoms with van der Waals surface area (Å²) in [6.45, 7) is 0. The fourth-order valence-electron chi connectivity index (χ4n) is 2.86. The van der Waals surface area contributed by atoms with Crippen molar-refractivity contribution in [2.75, 3.05) is 12.9 Å². The van der Waals surface area contributed by atoms with E-state index >= 15 is 0 Å². The Morgan fingerprint density at radius 2 is 1.83 bits per heavy atom. The number of hydrogen-bond donors (Lipinski definition) is 0. The van der Waals surface area contributed by atoms with Gasteiger partial charge in [-0.15, -0.1) is 10.2 Å². The van der Waals surface area contributed by atoms with Crippen molar-refractivity contribution in [3.05, 3.63) is 83.6 Å². The monoisotopic (exact) mass is 436 g/mol. The Morgan fingerprint density at radius 3 is 2.50 bits per heavy atom.